The van der Waals surface area contributed by atoms with Crippen LogP contribution in [0.2, 0.25) is 0 Å². The van der Waals surface area contributed by atoms with Gasteiger partial charge in [-0.25, -0.2) is 4.98 Å². The number of rotatable bonds is 11. The standard InChI is InChI=1S/C25H36N4O5/c1-18(2)16-34-17-21(30)15-28-7-9-29(10-8-28)24-6-5-20(14-26-24)27-25(31)19-11-22(32-3)13-23(12-19)33-4/h5-6,11-14,18,21,30H,7-10,15-17H2,1-4H3,(H,27,31). The third-order valence-corrected chi connectivity index (χ3v) is 5.55. The average molecular weight is 473 g/mol. The molecule has 1 unspecified atom stereocenters. The molecule has 0 aliphatic carbocycles. The molecule has 1 aliphatic heterocycles. The number of carbonyl (C=O) groups is 1. The summed E-state index contributed by atoms with van der Waals surface area (Å²) in [6.07, 6.45) is 1.18. The fraction of sp³-hybridized carbons (Fsp3) is 0.520. The SMILES string of the molecule is COc1cc(OC)cc(C(=O)Nc2ccc(N3CCN(CC(O)COCC(C)C)CC3)nc2)c1. The minimum Gasteiger partial charge on any atom is -0.497 e. The summed E-state index contributed by atoms with van der Waals surface area (Å²) in [6, 6.07) is 8.79. The van der Waals surface area contributed by atoms with Crippen LogP contribution < -0.4 is 19.7 Å². The smallest absolute Gasteiger partial charge is 0.255 e. The molecule has 1 aromatic carbocycles. The number of ether oxygens (including phenoxy) is 3. The van der Waals surface area contributed by atoms with E-state index in [0.29, 0.717) is 48.4 Å². The highest BCUT2D eigenvalue weighted by Crippen LogP contribution is 2.23. The van der Waals surface area contributed by atoms with Crippen LogP contribution in [0.4, 0.5) is 11.5 Å². The number of pyridine rings is 1. The molecule has 9 nitrogen and oxygen atoms in total. The summed E-state index contributed by atoms with van der Waals surface area (Å²) in [7, 11) is 3.09. The molecular formula is C25H36N4O5. The van der Waals surface area contributed by atoms with Crippen LogP contribution >= 0.6 is 0 Å². The maximum absolute atomic E-state index is 12.7. The zero-order valence-corrected chi connectivity index (χ0v) is 20.5. The number of carbonyl (C=O) groups excluding carboxylic acids is 1. The fourth-order valence-corrected chi connectivity index (χ4v) is 3.74. The number of hydrogen-bond donors (Lipinski definition) is 2. The molecule has 1 aromatic heterocycles. The molecule has 1 fully saturated rings. The van der Waals surface area contributed by atoms with Crippen LogP contribution in [0, 0.1) is 5.92 Å². The summed E-state index contributed by atoms with van der Waals surface area (Å²) >= 11 is 0. The van der Waals surface area contributed by atoms with Crippen molar-refractivity contribution in [3.8, 4) is 11.5 Å². The van der Waals surface area contributed by atoms with Gasteiger partial charge in [0.2, 0.25) is 0 Å². The molecule has 0 bridgehead atoms. The first-order valence-electron chi connectivity index (χ1n) is 11.6. The number of benzene rings is 1. The lowest BCUT2D eigenvalue weighted by Crippen LogP contribution is -2.49. The number of nitrogens with one attached hydrogen (secondary N) is 1. The van der Waals surface area contributed by atoms with Crippen LogP contribution in [0.5, 0.6) is 11.5 Å². The second kappa shape index (κ2) is 12.5. The Morgan fingerprint density at radius 2 is 1.74 bits per heavy atom. The highest BCUT2D eigenvalue weighted by atomic mass is 16.5. The number of aliphatic hydroxyl groups excluding tert-OH is 1. The Morgan fingerprint density at radius 1 is 1.06 bits per heavy atom. The van der Waals surface area contributed by atoms with Crippen molar-refractivity contribution in [1.29, 1.82) is 0 Å². The number of aliphatic hydroxyl groups is 1. The summed E-state index contributed by atoms with van der Waals surface area (Å²) < 4.78 is 16.0. The molecule has 1 saturated heterocycles. The Bertz CT molecular complexity index is 892. The highest BCUT2D eigenvalue weighted by Gasteiger charge is 2.20. The molecule has 1 aliphatic rings. The third kappa shape index (κ3) is 7.58. The zero-order valence-electron chi connectivity index (χ0n) is 20.5. The Morgan fingerprint density at radius 3 is 2.29 bits per heavy atom. The predicted octanol–water partition coefficient (Wildman–Crippen LogP) is 2.51. The van der Waals surface area contributed by atoms with Crippen molar-refractivity contribution in [2.75, 3.05) is 70.4 Å². The molecule has 2 heterocycles. The summed E-state index contributed by atoms with van der Waals surface area (Å²) in [6.45, 7) is 9.17. The van der Waals surface area contributed by atoms with Crippen LogP contribution in [-0.4, -0.2) is 87.2 Å². The summed E-state index contributed by atoms with van der Waals surface area (Å²) in [4.78, 5) is 21.7. The number of nitrogens with zero attached hydrogens (tertiary/aromatic N) is 3. The highest BCUT2D eigenvalue weighted by molar-refractivity contribution is 6.04. The van der Waals surface area contributed by atoms with E-state index in [2.05, 4.69) is 33.9 Å². The van der Waals surface area contributed by atoms with Crippen LogP contribution in [0.15, 0.2) is 36.5 Å². The number of methoxy groups -OCH3 is 2. The molecule has 9 heteroatoms. The first-order valence-corrected chi connectivity index (χ1v) is 11.6. The van der Waals surface area contributed by atoms with Gasteiger partial charge in [0.1, 0.15) is 17.3 Å². The predicted molar refractivity (Wildman–Crippen MR) is 132 cm³/mol. The second-order valence-electron chi connectivity index (χ2n) is 8.83. The molecule has 0 spiro atoms. The lowest BCUT2D eigenvalue weighted by atomic mass is 10.2. The van der Waals surface area contributed by atoms with Crippen LogP contribution in [0.1, 0.15) is 24.2 Å². The van der Waals surface area contributed by atoms with Gasteiger partial charge in [0.15, 0.2) is 0 Å². The van der Waals surface area contributed by atoms with Gasteiger partial charge in [0.25, 0.3) is 5.91 Å². The first kappa shape index (κ1) is 25.7. The van der Waals surface area contributed by atoms with Crippen LogP contribution in [0.3, 0.4) is 0 Å². The van der Waals surface area contributed by atoms with Crippen molar-refractivity contribution in [2.24, 2.45) is 5.92 Å². The van der Waals surface area contributed by atoms with Gasteiger partial charge in [-0.3, -0.25) is 9.69 Å². The van der Waals surface area contributed by atoms with E-state index in [4.69, 9.17) is 14.2 Å². The molecular weight excluding hydrogens is 436 g/mol. The quantitative estimate of drug-likeness (QED) is 0.515. The normalized spacial score (nSPS) is 15.3. The number of anilines is 2. The summed E-state index contributed by atoms with van der Waals surface area (Å²) in [5, 5.41) is 13.1. The van der Waals surface area contributed by atoms with Crippen molar-refractivity contribution >= 4 is 17.4 Å². The van der Waals surface area contributed by atoms with E-state index >= 15 is 0 Å². The van der Waals surface area contributed by atoms with Crippen molar-refractivity contribution in [3.05, 3.63) is 42.1 Å². The summed E-state index contributed by atoms with van der Waals surface area (Å²) in [5.41, 5.74) is 1.05. The molecule has 2 aromatic rings. The van der Waals surface area contributed by atoms with E-state index in [1.807, 2.05) is 12.1 Å². The summed E-state index contributed by atoms with van der Waals surface area (Å²) in [5.74, 6) is 2.16. The Kier molecular flexibility index (Phi) is 9.50. The first-order chi connectivity index (χ1) is 16.4. The Labute approximate surface area is 201 Å². The average Bonchev–Trinajstić information content (AvgIpc) is 2.84. The van der Waals surface area contributed by atoms with Gasteiger partial charge in [-0.05, 0) is 30.2 Å². The van der Waals surface area contributed by atoms with E-state index in [0.717, 1.165) is 32.0 Å². The Balaban J connectivity index is 1.48. The number of piperazine rings is 1. The van der Waals surface area contributed by atoms with Gasteiger partial charge >= 0.3 is 0 Å². The van der Waals surface area contributed by atoms with Gasteiger partial charge in [0.05, 0.1) is 38.8 Å². The lowest BCUT2D eigenvalue weighted by Gasteiger charge is -2.36. The maximum atomic E-state index is 12.7. The third-order valence-electron chi connectivity index (χ3n) is 5.55. The van der Waals surface area contributed by atoms with E-state index in [1.54, 1.807) is 38.6 Å². The van der Waals surface area contributed by atoms with Crippen LogP contribution in [-0.2, 0) is 4.74 Å². The molecule has 34 heavy (non-hydrogen) atoms. The molecule has 2 N–H and O–H groups in total. The van der Waals surface area contributed by atoms with Gasteiger partial charge < -0.3 is 29.5 Å². The van der Waals surface area contributed by atoms with Crippen molar-refractivity contribution < 1.29 is 24.1 Å². The molecule has 3 rings (SSSR count). The van der Waals surface area contributed by atoms with E-state index in [9.17, 15) is 9.90 Å². The van der Waals surface area contributed by atoms with Gasteiger partial charge in [0, 0.05) is 51.0 Å². The topological polar surface area (TPSA) is 96.4 Å². The molecule has 1 atom stereocenters. The minimum atomic E-state index is -0.476. The molecule has 186 valence electrons. The maximum Gasteiger partial charge on any atom is 0.255 e. The van der Waals surface area contributed by atoms with E-state index < -0.39 is 6.10 Å². The second-order valence-corrected chi connectivity index (χ2v) is 8.83. The molecule has 0 saturated carbocycles. The lowest BCUT2D eigenvalue weighted by molar-refractivity contribution is 0.00745. The number of amides is 1. The van der Waals surface area contributed by atoms with Gasteiger partial charge in [-0.15, -0.1) is 0 Å². The van der Waals surface area contributed by atoms with E-state index in [1.165, 1.54) is 0 Å². The minimum absolute atomic E-state index is 0.267. The van der Waals surface area contributed by atoms with Crippen LogP contribution in [0.25, 0.3) is 0 Å². The van der Waals surface area contributed by atoms with Gasteiger partial charge in [-0.2, -0.15) is 0 Å². The van der Waals surface area contributed by atoms with Gasteiger partial charge in [-0.1, -0.05) is 13.8 Å². The zero-order chi connectivity index (χ0) is 24.5. The number of β-amino-alcohol motifs (C(OH)–C–C–N with tert-alkyl or cyclic N) is 1. The largest absolute Gasteiger partial charge is 0.497 e. The van der Waals surface area contributed by atoms with Crippen molar-refractivity contribution in [2.45, 2.75) is 20.0 Å². The van der Waals surface area contributed by atoms with Crippen molar-refractivity contribution in [1.82, 2.24) is 9.88 Å². The van der Waals surface area contributed by atoms with Crippen molar-refractivity contribution in [3.63, 3.8) is 0 Å². The number of hydrogen-bond acceptors (Lipinski definition) is 8. The Hall–Kier alpha value is -2.88. The number of aromatic nitrogens is 1. The monoisotopic (exact) mass is 472 g/mol. The molecule has 0 radical (unpaired) electrons. The van der Waals surface area contributed by atoms with E-state index in [-0.39, 0.29) is 5.91 Å². The molecule has 1 amide bonds. The fourth-order valence-electron chi connectivity index (χ4n) is 3.74.